The van der Waals surface area contributed by atoms with Crippen LogP contribution in [0.1, 0.15) is 46.0 Å². The van der Waals surface area contributed by atoms with Crippen molar-refractivity contribution in [2.45, 2.75) is 52.0 Å². The molecule has 1 saturated carbocycles. The molecule has 0 atom stereocenters. The van der Waals surface area contributed by atoms with Gasteiger partial charge in [0.05, 0.1) is 0 Å². The van der Waals surface area contributed by atoms with Crippen LogP contribution in [0.3, 0.4) is 0 Å². The molecule has 14 heavy (non-hydrogen) atoms. The van der Waals surface area contributed by atoms with Gasteiger partial charge < -0.3 is 10.6 Å². The molecule has 0 aromatic carbocycles. The summed E-state index contributed by atoms with van der Waals surface area (Å²) in [6.07, 6.45) is 6.74. The van der Waals surface area contributed by atoms with Crippen molar-refractivity contribution >= 4 is 0 Å². The fourth-order valence-electron chi connectivity index (χ4n) is 1.91. The number of nitrogens with zero attached hydrogens (tertiary/aromatic N) is 1. The molecule has 0 saturated heterocycles. The van der Waals surface area contributed by atoms with Gasteiger partial charge in [-0.2, -0.15) is 0 Å². The Morgan fingerprint density at radius 3 is 2.36 bits per heavy atom. The lowest BCUT2D eigenvalue weighted by Crippen LogP contribution is -2.29. The van der Waals surface area contributed by atoms with Crippen molar-refractivity contribution in [2.24, 2.45) is 11.7 Å². The second-order valence-corrected chi connectivity index (χ2v) is 4.95. The van der Waals surface area contributed by atoms with Crippen LogP contribution in [0.5, 0.6) is 0 Å². The molecule has 0 spiro atoms. The quantitative estimate of drug-likeness (QED) is 0.648. The van der Waals surface area contributed by atoms with Gasteiger partial charge in [0.2, 0.25) is 0 Å². The Hall–Kier alpha value is -0.0800. The van der Waals surface area contributed by atoms with Crippen molar-refractivity contribution in [3.63, 3.8) is 0 Å². The van der Waals surface area contributed by atoms with Gasteiger partial charge >= 0.3 is 0 Å². The lowest BCUT2D eigenvalue weighted by Gasteiger charge is -2.21. The van der Waals surface area contributed by atoms with E-state index in [-0.39, 0.29) is 0 Å². The SMILES string of the molecule is CC(C)CCCN(CCCN)C1CC1. The summed E-state index contributed by atoms with van der Waals surface area (Å²) >= 11 is 0. The third kappa shape index (κ3) is 4.97. The maximum atomic E-state index is 5.55. The summed E-state index contributed by atoms with van der Waals surface area (Å²) in [7, 11) is 0. The van der Waals surface area contributed by atoms with Gasteiger partial charge in [-0.1, -0.05) is 13.8 Å². The zero-order valence-corrected chi connectivity index (χ0v) is 9.84. The van der Waals surface area contributed by atoms with Gasteiger partial charge in [-0.25, -0.2) is 0 Å². The predicted molar refractivity (Wildman–Crippen MR) is 62.3 cm³/mol. The van der Waals surface area contributed by atoms with Crippen LogP contribution in [0, 0.1) is 5.92 Å². The smallest absolute Gasteiger partial charge is 0.00964 e. The molecule has 0 heterocycles. The minimum absolute atomic E-state index is 0.841. The van der Waals surface area contributed by atoms with E-state index in [4.69, 9.17) is 5.73 Å². The second-order valence-electron chi connectivity index (χ2n) is 4.95. The Morgan fingerprint density at radius 2 is 1.86 bits per heavy atom. The van der Waals surface area contributed by atoms with Gasteiger partial charge in [-0.3, -0.25) is 0 Å². The first-order valence-electron chi connectivity index (χ1n) is 6.18. The molecule has 1 fully saturated rings. The Kier molecular flexibility index (Phi) is 5.49. The molecule has 2 heteroatoms. The van der Waals surface area contributed by atoms with Crippen LogP contribution in [0.4, 0.5) is 0 Å². The number of nitrogens with two attached hydrogens (primary N) is 1. The first kappa shape index (κ1) is 12.0. The van der Waals surface area contributed by atoms with Crippen LogP contribution >= 0.6 is 0 Å². The van der Waals surface area contributed by atoms with Crippen LogP contribution in [0.2, 0.25) is 0 Å². The number of rotatable bonds is 8. The van der Waals surface area contributed by atoms with Crippen LogP contribution in [0.15, 0.2) is 0 Å². The Labute approximate surface area is 88.8 Å². The molecular weight excluding hydrogens is 172 g/mol. The van der Waals surface area contributed by atoms with E-state index in [1.54, 1.807) is 0 Å². The molecule has 0 aromatic rings. The fourth-order valence-corrected chi connectivity index (χ4v) is 1.91. The topological polar surface area (TPSA) is 29.3 Å². The monoisotopic (exact) mass is 198 g/mol. The highest BCUT2D eigenvalue weighted by atomic mass is 15.2. The van der Waals surface area contributed by atoms with E-state index in [1.807, 2.05) is 0 Å². The van der Waals surface area contributed by atoms with Crippen molar-refractivity contribution in [1.82, 2.24) is 4.90 Å². The molecule has 0 amide bonds. The zero-order valence-electron chi connectivity index (χ0n) is 9.84. The largest absolute Gasteiger partial charge is 0.330 e. The van der Waals surface area contributed by atoms with Gasteiger partial charge in [0.15, 0.2) is 0 Å². The molecule has 2 N–H and O–H groups in total. The first-order valence-corrected chi connectivity index (χ1v) is 6.18. The average Bonchev–Trinajstić information content (AvgIpc) is 2.93. The van der Waals surface area contributed by atoms with Crippen molar-refractivity contribution in [2.75, 3.05) is 19.6 Å². The van der Waals surface area contributed by atoms with Gasteiger partial charge in [-0.05, 0) is 57.7 Å². The molecule has 84 valence electrons. The van der Waals surface area contributed by atoms with Crippen LogP contribution in [0.25, 0.3) is 0 Å². The van der Waals surface area contributed by atoms with Crippen molar-refractivity contribution in [3.8, 4) is 0 Å². The Bertz CT molecular complexity index is 141. The van der Waals surface area contributed by atoms with Gasteiger partial charge in [-0.15, -0.1) is 0 Å². The minimum atomic E-state index is 0.841. The summed E-state index contributed by atoms with van der Waals surface area (Å²) in [5.41, 5.74) is 5.55. The summed E-state index contributed by atoms with van der Waals surface area (Å²) < 4.78 is 0. The minimum Gasteiger partial charge on any atom is -0.330 e. The van der Waals surface area contributed by atoms with E-state index in [1.165, 1.54) is 38.8 Å². The molecule has 0 unspecified atom stereocenters. The average molecular weight is 198 g/mol. The van der Waals surface area contributed by atoms with Crippen LogP contribution < -0.4 is 5.73 Å². The molecule has 1 aliphatic rings. The van der Waals surface area contributed by atoms with Crippen molar-refractivity contribution < 1.29 is 0 Å². The molecule has 0 bridgehead atoms. The highest BCUT2D eigenvalue weighted by molar-refractivity contribution is 4.84. The molecular formula is C12H26N2. The lowest BCUT2D eigenvalue weighted by molar-refractivity contribution is 0.251. The molecule has 0 aromatic heterocycles. The molecule has 2 nitrogen and oxygen atoms in total. The highest BCUT2D eigenvalue weighted by Crippen LogP contribution is 2.27. The van der Waals surface area contributed by atoms with Gasteiger partial charge in [0, 0.05) is 6.04 Å². The van der Waals surface area contributed by atoms with E-state index >= 15 is 0 Å². The third-order valence-corrected chi connectivity index (χ3v) is 2.94. The summed E-state index contributed by atoms with van der Waals surface area (Å²) in [5, 5.41) is 0. The molecule has 1 aliphatic carbocycles. The molecule has 1 rings (SSSR count). The standard InChI is InChI=1S/C12H26N2/c1-11(2)5-3-9-14(10-4-8-13)12-6-7-12/h11-12H,3-10,13H2,1-2H3. The number of hydrogen-bond acceptors (Lipinski definition) is 2. The maximum Gasteiger partial charge on any atom is 0.00964 e. The Balaban J connectivity index is 2.08. The number of hydrogen-bond donors (Lipinski definition) is 1. The fraction of sp³-hybridized carbons (Fsp3) is 1.00. The van der Waals surface area contributed by atoms with E-state index in [9.17, 15) is 0 Å². The van der Waals surface area contributed by atoms with E-state index in [2.05, 4.69) is 18.7 Å². The predicted octanol–water partition coefficient (Wildman–Crippen LogP) is 2.24. The zero-order chi connectivity index (χ0) is 10.4. The summed E-state index contributed by atoms with van der Waals surface area (Å²) in [5.74, 6) is 0.852. The van der Waals surface area contributed by atoms with Crippen molar-refractivity contribution in [1.29, 1.82) is 0 Å². The van der Waals surface area contributed by atoms with Gasteiger partial charge in [0.25, 0.3) is 0 Å². The Morgan fingerprint density at radius 1 is 1.21 bits per heavy atom. The van der Waals surface area contributed by atoms with Crippen LogP contribution in [-0.2, 0) is 0 Å². The maximum absolute atomic E-state index is 5.55. The summed E-state index contributed by atoms with van der Waals surface area (Å²) in [6, 6.07) is 0.911. The van der Waals surface area contributed by atoms with Gasteiger partial charge in [0.1, 0.15) is 0 Å². The molecule has 0 aliphatic heterocycles. The second kappa shape index (κ2) is 6.41. The lowest BCUT2D eigenvalue weighted by atomic mass is 10.1. The molecule has 0 radical (unpaired) electrons. The summed E-state index contributed by atoms with van der Waals surface area (Å²) in [4.78, 5) is 2.65. The summed E-state index contributed by atoms with van der Waals surface area (Å²) in [6.45, 7) is 7.97. The first-order chi connectivity index (χ1) is 6.74. The van der Waals surface area contributed by atoms with Crippen LogP contribution in [-0.4, -0.2) is 30.6 Å². The van der Waals surface area contributed by atoms with Crippen molar-refractivity contribution in [3.05, 3.63) is 0 Å². The normalized spacial score (nSPS) is 16.9. The highest BCUT2D eigenvalue weighted by Gasteiger charge is 2.27. The van der Waals surface area contributed by atoms with E-state index in [0.29, 0.717) is 0 Å². The third-order valence-electron chi connectivity index (χ3n) is 2.94. The van der Waals surface area contributed by atoms with E-state index in [0.717, 1.165) is 24.9 Å². The van der Waals surface area contributed by atoms with E-state index < -0.39 is 0 Å².